The number of amides is 4. The summed E-state index contributed by atoms with van der Waals surface area (Å²) < 4.78 is 18.3. The number of hydrogen-bond donors (Lipinski definition) is 3. The largest absolute Gasteiger partial charge is 0.481 e. The summed E-state index contributed by atoms with van der Waals surface area (Å²) in [7, 11) is -0.478. The zero-order valence-electron chi connectivity index (χ0n) is 28.0. The standard InChI is InChI=1S/C33H53BN4O7/c1-8-24(36-28(39)20(4)35-29(40)26(21-13-10-9-11-14-21)37-31(42)43-19(2)3)30(41)38-16-12-15-25(38)34-44-27-23-17-22(32(23,5)6)18-33(27,7)45-34/h20-27H,2,8-18H2,1,3-7H3,(H,35,40)(H,36,39)(H,37,42)/t20?,22?,23?,24?,25?,26?,27?,33-/m0/s1. The van der Waals surface area contributed by atoms with E-state index in [4.69, 9.17) is 14.0 Å². The zero-order chi connectivity index (χ0) is 32.7. The van der Waals surface area contributed by atoms with E-state index in [0.29, 0.717) is 24.8 Å². The van der Waals surface area contributed by atoms with E-state index in [2.05, 4.69) is 43.3 Å². The molecule has 7 unspecified atom stereocenters. The average Bonchev–Trinajstić information content (AvgIpc) is 3.62. The smallest absolute Gasteiger partial charge is 0.416 e. The van der Waals surface area contributed by atoms with Crippen LogP contribution in [0.1, 0.15) is 106 Å². The molecule has 6 fully saturated rings. The Morgan fingerprint density at radius 2 is 1.73 bits per heavy atom. The lowest BCUT2D eigenvalue weighted by atomic mass is 9.45. The first kappa shape index (κ1) is 33.8. The number of nitrogens with zero attached hydrogens (tertiary/aromatic N) is 1. The van der Waals surface area contributed by atoms with Crippen LogP contribution in [0, 0.1) is 23.2 Å². The van der Waals surface area contributed by atoms with E-state index in [1.807, 2.05) is 11.8 Å². The Hall–Kier alpha value is -2.60. The molecule has 2 heterocycles. The average molecular weight is 629 g/mol. The maximum atomic E-state index is 13.9. The molecule has 45 heavy (non-hydrogen) atoms. The fourth-order valence-corrected chi connectivity index (χ4v) is 8.64. The summed E-state index contributed by atoms with van der Waals surface area (Å²) in [4.78, 5) is 54.7. The fraction of sp³-hybridized carbons (Fsp3) is 0.818. The van der Waals surface area contributed by atoms with Gasteiger partial charge in [-0.1, -0.05) is 46.6 Å². The molecule has 0 spiro atoms. The highest BCUT2D eigenvalue weighted by atomic mass is 16.7. The van der Waals surface area contributed by atoms with E-state index in [1.54, 1.807) is 13.8 Å². The highest BCUT2D eigenvalue weighted by Crippen LogP contribution is 2.65. The molecule has 250 valence electrons. The lowest BCUT2D eigenvalue weighted by Crippen LogP contribution is -2.63. The molecule has 8 atom stereocenters. The van der Waals surface area contributed by atoms with E-state index >= 15 is 0 Å². The summed E-state index contributed by atoms with van der Waals surface area (Å²) in [6, 6.07) is -2.51. The van der Waals surface area contributed by atoms with Crippen molar-refractivity contribution in [3.8, 4) is 0 Å². The maximum absolute atomic E-state index is 13.9. The molecule has 2 bridgehead atoms. The van der Waals surface area contributed by atoms with Crippen LogP contribution >= 0.6 is 0 Å². The highest BCUT2D eigenvalue weighted by molar-refractivity contribution is 6.48. The minimum absolute atomic E-state index is 0.0285. The Bertz CT molecular complexity index is 1180. The number of rotatable bonds is 10. The Kier molecular flexibility index (Phi) is 9.95. The Balaban J connectivity index is 1.18. The van der Waals surface area contributed by atoms with E-state index in [9.17, 15) is 19.2 Å². The fourth-order valence-electron chi connectivity index (χ4n) is 8.64. The summed E-state index contributed by atoms with van der Waals surface area (Å²) in [5, 5.41) is 8.32. The normalized spacial score (nSPS) is 32.4. The van der Waals surface area contributed by atoms with Crippen LogP contribution in [0.3, 0.4) is 0 Å². The lowest BCUT2D eigenvalue weighted by molar-refractivity contribution is -0.185. The SMILES string of the molecule is C=C(C)OC(=O)NC(C(=O)NC(C)C(=O)NC(CC)C(=O)N1CCCC1B1OC2C3CC(C[C@]2(C)O1)C3(C)C)C1CCCCC1. The van der Waals surface area contributed by atoms with Crippen LogP contribution in [-0.4, -0.2) is 78.1 Å². The quantitative estimate of drug-likeness (QED) is 0.247. The number of carbonyl (C=O) groups is 4. The number of ether oxygens (including phenoxy) is 1. The third-order valence-electron chi connectivity index (χ3n) is 11.4. The van der Waals surface area contributed by atoms with Crippen molar-refractivity contribution < 1.29 is 33.2 Å². The molecule has 4 aliphatic carbocycles. The molecule has 0 aromatic heterocycles. The molecule has 4 saturated carbocycles. The second-order valence-corrected chi connectivity index (χ2v) is 15.0. The van der Waals surface area contributed by atoms with Crippen molar-refractivity contribution >= 4 is 30.9 Å². The third kappa shape index (κ3) is 6.78. The molecule has 0 radical (unpaired) electrons. The molecule has 4 amide bonds. The predicted octanol–water partition coefficient (Wildman–Crippen LogP) is 3.85. The van der Waals surface area contributed by atoms with Crippen LogP contribution in [0.15, 0.2) is 12.3 Å². The van der Waals surface area contributed by atoms with Gasteiger partial charge >= 0.3 is 13.2 Å². The van der Waals surface area contributed by atoms with Crippen LogP contribution in [-0.2, 0) is 28.4 Å². The van der Waals surface area contributed by atoms with E-state index in [1.165, 1.54) is 6.42 Å². The zero-order valence-corrected chi connectivity index (χ0v) is 28.0. The minimum atomic E-state index is -0.918. The van der Waals surface area contributed by atoms with Crippen molar-refractivity contribution in [1.82, 2.24) is 20.9 Å². The first-order valence-electron chi connectivity index (χ1n) is 17.1. The molecule has 2 aliphatic heterocycles. The van der Waals surface area contributed by atoms with Gasteiger partial charge in [-0.15, -0.1) is 0 Å². The number of allylic oxidation sites excluding steroid dienone is 1. The van der Waals surface area contributed by atoms with Gasteiger partial charge in [0.1, 0.15) is 18.1 Å². The van der Waals surface area contributed by atoms with Gasteiger partial charge in [-0.2, -0.15) is 0 Å². The van der Waals surface area contributed by atoms with Crippen molar-refractivity contribution in [1.29, 1.82) is 0 Å². The summed E-state index contributed by atoms with van der Waals surface area (Å²) in [5.41, 5.74) is -0.0829. The molecule has 0 aromatic rings. The molecule has 0 aromatic carbocycles. The minimum Gasteiger partial charge on any atom is -0.416 e. The number of carbonyl (C=O) groups excluding carboxylic acids is 4. The van der Waals surface area contributed by atoms with Crippen molar-refractivity contribution in [2.75, 3.05) is 6.54 Å². The van der Waals surface area contributed by atoms with Gasteiger partial charge in [0.15, 0.2) is 0 Å². The molecule has 2 saturated heterocycles. The molecule has 6 aliphatic rings. The second kappa shape index (κ2) is 13.3. The molecule has 6 rings (SSSR count). The van der Waals surface area contributed by atoms with Gasteiger partial charge in [0.2, 0.25) is 17.7 Å². The van der Waals surface area contributed by atoms with Crippen molar-refractivity contribution in [2.45, 2.75) is 142 Å². The molecular weight excluding hydrogens is 575 g/mol. The van der Waals surface area contributed by atoms with E-state index < -0.39 is 43.2 Å². The van der Waals surface area contributed by atoms with Crippen LogP contribution in [0.25, 0.3) is 0 Å². The third-order valence-corrected chi connectivity index (χ3v) is 11.4. The van der Waals surface area contributed by atoms with E-state index in [0.717, 1.165) is 51.4 Å². The molecular formula is C33H53BN4O7. The van der Waals surface area contributed by atoms with Gasteiger partial charge in [-0.05, 0) is 88.9 Å². The monoisotopic (exact) mass is 628 g/mol. The van der Waals surface area contributed by atoms with E-state index in [-0.39, 0.29) is 40.6 Å². The van der Waals surface area contributed by atoms with Gasteiger partial charge in [0.25, 0.3) is 0 Å². The van der Waals surface area contributed by atoms with Gasteiger partial charge in [-0.3, -0.25) is 14.4 Å². The van der Waals surface area contributed by atoms with Crippen molar-refractivity contribution in [3.05, 3.63) is 12.3 Å². The van der Waals surface area contributed by atoms with Crippen LogP contribution < -0.4 is 16.0 Å². The summed E-state index contributed by atoms with van der Waals surface area (Å²) in [6.07, 6.45) is 8.08. The Morgan fingerprint density at radius 1 is 1.02 bits per heavy atom. The van der Waals surface area contributed by atoms with Crippen molar-refractivity contribution in [2.24, 2.45) is 23.2 Å². The first-order valence-corrected chi connectivity index (χ1v) is 17.1. The summed E-state index contributed by atoms with van der Waals surface area (Å²) in [6.45, 7) is 16.0. The predicted molar refractivity (Wildman–Crippen MR) is 169 cm³/mol. The van der Waals surface area contributed by atoms with Crippen molar-refractivity contribution in [3.63, 3.8) is 0 Å². The lowest BCUT2D eigenvalue weighted by Gasteiger charge is -2.63. The number of alkyl carbamates (subject to hydrolysis) is 1. The van der Waals surface area contributed by atoms with Crippen LogP contribution in [0.5, 0.6) is 0 Å². The molecule has 3 N–H and O–H groups in total. The van der Waals surface area contributed by atoms with Gasteiger partial charge < -0.3 is 34.9 Å². The van der Waals surface area contributed by atoms with Gasteiger partial charge in [-0.25, -0.2) is 4.79 Å². The number of hydrogen-bond acceptors (Lipinski definition) is 7. The number of nitrogens with one attached hydrogen (secondary N) is 3. The summed E-state index contributed by atoms with van der Waals surface area (Å²) in [5.74, 6) is -0.0229. The highest BCUT2D eigenvalue weighted by Gasteiger charge is 2.68. The molecule has 11 nitrogen and oxygen atoms in total. The number of likely N-dealkylation sites (tertiary alicyclic amines) is 1. The summed E-state index contributed by atoms with van der Waals surface area (Å²) >= 11 is 0. The topological polar surface area (TPSA) is 135 Å². The van der Waals surface area contributed by atoms with Gasteiger partial charge in [0, 0.05) is 6.54 Å². The maximum Gasteiger partial charge on any atom is 0.481 e. The van der Waals surface area contributed by atoms with Gasteiger partial charge in [0.05, 0.1) is 23.4 Å². The first-order chi connectivity index (χ1) is 21.2. The van der Waals surface area contributed by atoms with Crippen LogP contribution in [0.2, 0.25) is 0 Å². The molecule has 12 heteroatoms. The van der Waals surface area contributed by atoms with Crippen LogP contribution in [0.4, 0.5) is 4.79 Å². The Morgan fingerprint density at radius 3 is 2.38 bits per heavy atom. The second-order valence-electron chi connectivity index (χ2n) is 15.0. The Labute approximate surface area is 268 Å².